The molecule has 0 amide bonds. The minimum Gasteiger partial charge on any atom is -0.313 e. The molecule has 0 saturated heterocycles. The zero-order chi connectivity index (χ0) is 15.5. The molecule has 1 aromatic heterocycles. The number of nitrogens with zero attached hydrogens (tertiary/aromatic N) is 1. The van der Waals surface area contributed by atoms with Crippen LogP contribution >= 0.6 is 23.1 Å². The van der Waals surface area contributed by atoms with Crippen LogP contribution in [0.25, 0.3) is 0 Å². The van der Waals surface area contributed by atoms with Gasteiger partial charge in [-0.3, -0.25) is 0 Å². The Balaban J connectivity index is 2.28. The minimum atomic E-state index is -4.35. The molecule has 0 aliphatic heterocycles. The summed E-state index contributed by atoms with van der Waals surface area (Å²) in [6.07, 6.45) is -4.35. The van der Waals surface area contributed by atoms with E-state index in [-0.39, 0.29) is 12.1 Å². The van der Waals surface area contributed by atoms with Gasteiger partial charge in [0.05, 0.1) is 5.56 Å². The lowest BCUT2D eigenvalue weighted by molar-refractivity contribution is -0.138. The maximum Gasteiger partial charge on any atom is 0.416 e. The van der Waals surface area contributed by atoms with E-state index in [1.807, 2.05) is 19.2 Å². The molecule has 0 saturated carbocycles. The van der Waals surface area contributed by atoms with Crippen molar-refractivity contribution in [3.05, 3.63) is 40.4 Å². The van der Waals surface area contributed by atoms with Gasteiger partial charge in [0.1, 0.15) is 0 Å². The molecule has 114 valence electrons. The molecule has 0 spiro atoms. The highest BCUT2D eigenvalue weighted by Gasteiger charge is 2.33. The van der Waals surface area contributed by atoms with Crippen LogP contribution in [0.3, 0.4) is 0 Å². The predicted octanol–water partition coefficient (Wildman–Crippen LogP) is 4.73. The Bertz CT molecular complexity index is 609. The first-order chi connectivity index (χ1) is 9.90. The van der Waals surface area contributed by atoms with Crippen molar-refractivity contribution in [2.24, 2.45) is 0 Å². The lowest BCUT2D eigenvalue weighted by atomic mass is 10.1. The molecular formula is C14H15F3N2S2. The fraction of sp³-hybridized carbons (Fsp3) is 0.357. The number of hydrogen-bond donors (Lipinski definition) is 1. The Kier molecular flexibility index (Phi) is 5.29. The second kappa shape index (κ2) is 6.81. The largest absolute Gasteiger partial charge is 0.416 e. The van der Waals surface area contributed by atoms with Gasteiger partial charge < -0.3 is 5.32 Å². The van der Waals surface area contributed by atoms with E-state index in [1.165, 1.54) is 35.2 Å². The van der Waals surface area contributed by atoms with Crippen molar-refractivity contribution in [3.63, 3.8) is 0 Å². The van der Waals surface area contributed by atoms with Crippen molar-refractivity contribution in [3.8, 4) is 0 Å². The molecule has 0 aliphatic rings. The smallest absolute Gasteiger partial charge is 0.313 e. The third-order valence-electron chi connectivity index (χ3n) is 2.76. The molecule has 7 heteroatoms. The zero-order valence-corrected chi connectivity index (χ0v) is 13.3. The van der Waals surface area contributed by atoms with E-state index < -0.39 is 11.7 Å². The van der Waals surface area contributed by atoms with Gasteiger partial charge in [0, 0.05) is 22.5 Å². The maximum absolute atomic E-state index is 13.1. The molecule has 2 aromatic rings. The highest BCUT2D eigenvalue weighted by atomic mass is 32.2. The normalized spacial score (nSPS) is 11.9. The van der Waals surface area contributed by atoms with Gasteiger partial charge in [-0.2, -0.15) is 13.2 Å². The van der Waals surface area contributed by atoms with Crippen molar-refractivity contribution in [1.82, 2.24) is 10.3 Å². The van der Waals surface area contributed by atoms with E-state index in [1.54, 1.807) is 6.07 Å². The molecule has 21 heavy (non-hydrogen) atoms. The van der Waals surface area contributed by atoms with E-state index >= 15 is 0 Å². The Hall–Kier alpha value is -1.05. The summed E-state index contributed by atoms with van der Waals surface area (Å²) in [7, 11) is 0. The fourth-order valence-corrected chi connectivity index (χ4v) is 3.63. The number of hydrogen-bond acceptors (Lipinski definition) is 4. The van der Waals surface area contributed by atoms with E-state index in [0.29, 0.717) is 11.4 Å². The average molecular weight is 332 g/mol. The quantitative estimate of drug-likeness (QED) is 0.857. The molecule has 0 fully saturated rings. The molecule has 2 rings (SSSR count). The first-order valence-electron chi connectivity index (χ1n) is 6.41. The zero-order valence-electron chi connectivity index (χ0n) is 11.6. The van der Waals surface area contributed by atoms with Crippen LogP contribution in [0.2, 0.25) is 0 Å². The number of nitrogens with one attached hydrogen (secondary N) is 1. The standard InChI is InChI=1S/C14H15F3N2S2/c1-3-18-7-10-4-5-11(6-12(10)14(15,16)17)21-13-19-9(2)8-20-13/h4-6,8,18H,3,7H2,1-2H3. The monoisotopic (exact) mass is 332 g/mol. The van der Waals surface area contributed by atoms with E-state index in [2.05, 4.69) is 10.3 Å². The highest BCUT2D eigenvalue weighted by molar-refractivity contribution is 8.01. The van der Waals surface area contributed by atoms with Crippen LogP contribution < -0.4 is 5.32 Å². The van der Waals surface area contributed by atoms with Crippen LogP contribution in [0.4, 0.5) is 13.2 Å². The summed E-state index contributed by atoms with van der Waals surface area (Å²) in [6, 6.07) is 4.45. The van der Waals surface area contributed by atoms with Crippen LogP contribution in [0, 0.1) is 6.92 Å². The molecule has 0 atom stereocenters. The van der Waals surface area contributed by atoms with Gasteiger partial charge in [0.2, 0.25) is 0 Å². The van der Waals surface area contributed by atoms with Crippen LogP contribution in [-0.2, 0) is 12.7 Å². The topological polar surface area (TPSA) is 24.9 Å². The maximum atomic E-state index is 13.1. The van der Waals surface area contributed by atoms with Gasteiger partial charge in [0.15, 0.2) is 4.34 Å². The van der Waals surface area contributed by atoms with Crippen LogP contribution in [0.15, 0.2) is 32.8 Å². The van der Waals surface area contributed by atoms with Crippen molar-refractivity contribution in [2.75, 3.05) is 6.54 Å². The van der Waals surface area contributed by atoms with Crippen molar-refractivity contribution in [2.45, 2.75) is 35.8 Å². The third kappa shape index (κ3) is 4.46. The molecule has 2 nitrogen and oxygen atoms in total. The second-order valence-corrected chi connectivity index (χ2v) is 6.63. The fourth-order valence-electron chi connectivity index (χ4n) is 1.78. The summed E-state index contributed by atoms with van der Waals surface area (Å²) in [5.74, 6) is 0. The number of alkyl halides is 3. The summed E-state index contributed by atoms with van der Waals surface area (Å²) in [5.41, 5.74) is 0.563. The summed E-state index contributed by atoms with van der Waals surface area (Å²) in [4.78, 5) is 4.81. The Morgan fingerprint density at radius 1 is 1.33 bits per heavy atom. The average Bonchev–Trinajstić information content (AvgIpc) is 2.81. The number of benzene rings is 1. The van der Waals surface area contributed by atoms with Gasteiger partial charge in [-0.15, -0.1) is 11.3 Å². The first kappa shape index (κ1) is 16.3. The predicted molar refractivity (Wildman–Crippen MR) is 79.8 cm³/mol. The highest BCUT2D eigenvalue weighted by Crippen LogP contribution is 2.37. The van der Waals surface area contributed by atoms with Gasteiger partial charge in [-0.05, 0) is 31.2 Å². The van der Waals surface area contributed by atoms with Crippen LogP contribution in [-0.4, -0.2) is 11.5 Å². The van der Waals surface area contributed by atoms with Crippen LogP contribution in [0.1, 0.15) is 23.7 Å². The summed E-state index contributed by atoms with van der Waals surface area (Å²) in [6.45, 7) is 4.57. The summed E-state index contributed by atoms with van der Waals surface area (Å²) >= 11 is 2.69. The molecule has 0 radical (unpaired) electrons. The lowest BCUT2D eigenvalue weighted by Crippen LogP contribution is -2.17. The SMILES string of the molecule is CCNCc1ccc(Sc2nc(C)cs2)cc1C(F)(F)F. The van der Waals surface area contributed by atoms with Crippen molar-refractivity contribution < 1.29 is 13.2 Å². The number of thiazole rings is 1. The van der Waals surface area contributed by atoms with Gasteiger partial charge in [0.25, 0.3) is 0 Å². The van der Waals surface area contributed by atoms with Gasteiger partial charge >= 0.3 is 6.18 Å². The Labute approximate surface area is 129 Å². The van der Waals surface area contributed by atoms with E-state index in [9.17, 15) is 13.2 Å². The number of rotatable bonds is 5. The summed E-state index contributed by atoms with van der Waals surface area (Å²) in [5, 5.41) is 4.81. The number of aryl methyl sites for hydroxylation is 1. The molecule has 0 aliphatic carbocycles. The third-order valence-corrected chi connectivity index (χ3v) is 4.80. The number of halogens is 3. The first-order valence-corrected chi connectivity index (χ1v) is 8.10. The minimum absolute atomic E-state index is 0.215. The van der Waals surface area contributed by atoms with Crippen molar-refractivity contribution in [1.29, 1.82) is 0 Å². The number of aromatic nitrogens is 1. The molecule has 1 aromatic carbocycles. The molecule has 0 bridgehead atoms. The molecule has 1 N–H and O–H groups in total. The Morgan fingerprint density at radius 2 is 2.10 bits per heavy atom. The molecule has 0 unspecified atom stereocenters. The second-order valence-electron chi connectivity index (χ2n) is 4.45. The lowest BCUT2D eigenvalue weighted by Gasteiger charge is -2.14. The van der Waals surface area contributed by atoms with Crippen LogP contribution in [0.5, 0.6) is 0 Å². The van der Waals surface area contributed by atoms with E-state index in [4.69, 9.17) is 0 Å². The van der Waals surface area contributed by atoms with E-state index in [0.717, 1.165) is 10.0 Å². The molecular weight excluding hydrogens is 317 g/mol. The van der Waals surface area contributed by atoms with Crippen molar-refractivity contribution >= 4 is 23.1 Å². The van der Waals surface area contributed by atoms with Gasteiger partial charge in [-0.1, -0.05) is 24.8 Å². The molecule has 1 heterocycles. The van der Waals surface area contributed by atoms with Gasteiger partial charge in [-0.25, -0.2) is 4.98 Å². The Morgan fingerprint density at radius 3 is 2.67 bits per heavy atom. The summed E-state index contributed by atoms with van der Waals surface area (Å²) < 4.78 is 40.2.